The lowest BCUT2D eigenvalue weighted by molar-refractivity contribution is 0.122. The Balaban J connectivity index is 1.14. The molecule has 0 atom stereocenters. The first kappa shape index (κ1) is 23.8. The van der Waals surface area contributed by atoms with Crippen LogP contribution in [0.1, 0.15) is 5.56 Å². The molecule has 0 spiro atoms. The minimum absolute atomic E-state index is 0.583. The molecule has 5 heterocycles. The van der Waals surface area contributed by atoms with Crippen molar-refractivity contribution in [1.82, 2.24) is 19.4 Å². The number of nitrogens with zero attached hydrogens (tertiary/aromatic N) is 7. The zero-order valence-corrected chi connectivity index (χ0v) is 21.9. The van der Waals surface area contributed by atoms with Crippen molar-refractivity contribution >= 4 is 34.6 Å². The molecule has 0 radical (unpaired) electrons. The first-order chi connectivity index (χ1) is 18.1. The van der Waals surface area contributed by atoms with Gasteiger partial charge in [-0.2, -0.15) is 0 Å². The van der Waals surface area contributed by atoms with Crippen LogP contribution in [0.4, 0.5) is 17.3 Å². The van der Waals surface area contributed by atoms with Gasteiger partial charge in [-0.05, 0) is 30.7 Å². The van der Waals surface area contributed by atoms with Crippen molar-refractivity contribution in [2.45, 2.75) is 6.92 Å². The molecule has 2 fully saturated rings. The van der Waals surface area contributed by atoms with Crippen molar-refractivity contribution in [1.29, 1.82) is 0 Å². The van der Waals surface area contributed by atoms with Crippen molar-refractivity contribution in [2.75, 3.05) is 74.3 Å². The molecule has 9 nitrogen and oxygen atoms in total. The first-order valence-corrected chi connectivity index (χ1v) is 12.9. The largest absolute Gasteiger partial charge is 0.495 e. The number of morpholine rings is 1. The van der Waals surface area contributed by atoms with Crippen LogP contribution in [0.2, 0.25) is 5.02 Å². The molecular weight excluding hydrogens is 490 g/mol. The van der Waals surface area contributed by atoms with Crippen molar-refractivity contribution in [3.63, 3.8) is 0 Å². The lowest BCUT2D eigenvalue weighted by Crippen LogP contribution is -2.46. The number of imidazole rings is 1. The van der Waals surface area contributed by atoms with Crippen LogP contribution in [0.15, 0.2) is 49.1 Å². The zero-order valence-electron chi connectivity index (χ0n) is 21.1. The second-order valence-corrected chi connectivity index (χ2v) is 9.80. The number of hydrogen-bond acceptors (Lipinski definition) is 8. The number of fused-ring (bicyclic) bond motifs is 1. The second kappa shape index (κ2) is 10.1. The summed E-state index contributed by atoms with van der Waals surface area (Å²) in [6.45, 7) is 8.85. The number of methoxy groups -OCH3 is 1. The Bertz CT molecular complexity index is 1390. The number of hydrogen-bond donors (Lipinski definition) is 0. The fourth-order valence-electron chi connectivity index (χ4n) is 5.01. The van der Waals surface area contributed by atoms with Crippen LogP contribution in [-0.2, 0) is 4.74 Å². The van der Waals surface area contributed by atoms with Crippen LogP contribution in [0.5, 0.6) is 5.75 Å². The highest BCUT2D eigenvalue weighted by Gasteiger charge is 2.20. The maximum absolute atomic E-state index is 6.39. The smallest absolute Gasteiger partial charge is 0.225 e. The molecule has 0 unspecified atom stereocenters. The molecule has 0 saturated carbocycles. The molecule has 0 bridgehead atoms. The number of ether oxygens (including phenoxy) is 2. The number of aryl methyl sites for hydroxylation is 1. The fourth-order valence-corrected chi connectivity index (χ4v) is 5.25. The van der Waals surface area contributed by atoms with Gasteiger partial charge >= 0.3 is 0 Å². The van der Waals surface area contributed by atoms with E-state index in [2.05, 4.69) is 47.4 Å². The third kappa shape index (κ3) is 4.76. The zero-order chi connectivity index (χ0) is 25.4. The predicted octanol–water partition coefficient (Wildman–Crippen LogP) is 3.92. The number of aromatic nitrogens is 4. The van der Waals surface area contributed by atoms with Crippen LogP contribution in [0.3, 0.4) is 0 Å². The summed E-state index contributed by atoms with van der Waals surface area (Å²) >= 11 is 6.39. The second-order valence-electron chi connectivity index (χ2n) is 9.39. The van der Waals surface area contributed by atoms with Gasteiger partial charge in [-0.15, -0.1) is 0 Å². The molecular formula is C27H30ClN7O2. The molecule has 2 aliphatic rings. The van der Waals surface area contributed by atoms with Crippen molar-refractivity contribution in [3.05, 3.63) is 59.6 Å². The summed E-state index contributed by atoms with van der Waals surface area (Å²) in [6, 6.07) is 8.19. The molecule has 3 aromatic heterocycles. The number of halogens is 1. The van der Waals surface area contributed by atoms with Gasteiger partial charge in [0.2, 0.25) is 5.95 Å². The average Bonchev–Trinajstić information content (AvgIpc) is 3.38. The number of piperazine rings is 1. The van der Waals surface area contributed by atoms with Crippen LogP contribution in [-0.4, -0.2) is 78.9 Å². The van der Waals surface area contributed by atoms with E-state index in [4.69, 9.17) is 26.1 Å². The van der Waals surface area contributed by atoms with E-state index in [1.807, 2.05) is 37.6 Å². The molecule has 0 aliphatic carbocycles. The third-order valence-electron chi connectivity index (χ3n) is 7.15. The molecule has 2 saturated heterocycles. The van der Waals surface area contributed by atoms with Gasteiger partial charge in [-0.3, -0.25) is 0 Å². The Labute approximate surface area is 221 Å². The Hall–Kier alpha value is -3.56. The topological polar surface area (TPSA) is 71.3 Å². The maximum Gasteiger partial charge on any atom is 0.225 e. The molecule has 192 valence electrons. The number of pyridine rings is 1. The van der Waals surface area contributed by atoms with Crippen LogP contribution in [0, 0.1) is 6.92 Å². The van der Waals surface area contributed by atoms with Gasteiger partial charge in [0.05, 0.1) is 49.1 Å². The van der Waals surface area contributed by atoms with Crippen LogP contribution in [0.25, 0.3) is 16.9 Å². The average molecular weight is 520 g/mol. The predicted molar refractivity (Wildman–Crippen MR) is 146 cm³/mol. The van der Waals surface area contributed by atoms with E-state index >= 15 is 0 Å². The van der Waals surface area contributed by atoms with Crippen molar-refractivity contribution in [2.24, 2.45) is 0 Å². The maximum atomic E-state index is 6.39. The summed E-state index contributed by atoms with van der Waals surface area (Å²) in [7, 11) is 1.63. The Morgan fingerprint density at radius 1 is 0.892 bits per heavy atom. The monoisotopic (exact) mass is 519 g/mol. The highest BCUT2D eigenvalue weighted by molar-refractivity contribution is 6.32. The van der Waals surface area contributed by atoms with Gasteiger partial charge in [0, 0.05) is 69.0 Å². The molecule has 37 heavy (non-hydrogen) atoms. The molecule has 6 rings (SSSR count). The summed E-state index contributed by atoms with van der Waals surface area (Å²) in [4.78, 5) is 21.1. The van der Waals surface area contributed by atoms with Crippen LogP contribution >= 0.6 is 11.6 Å². The molecule has 1 aromatic carbocycles. The van der Waals surface area contributed by atoms with E-state index in [9.17, 15) is 0 Å². The number of anilines is 3. The SMILES string of the molecule is COc1cc(C)c(-c2cn3ccc(N4CCN(c5cnc(N6CCOCC6)nc5)CC4)cc3n2)cc1Cl. The van der Waals surface area contributed by atoms with E-state index in [0.717, 1.165) is 86.6 Å². The van der Waals surface area contributed by atoms with Crippen LogP contribution < -0.4 is 19.4 Å². The van der Waals surface area contributed by atoms with E-state index in [1.54, 1.807) is 7.11 Å². The highest BCUT2D eigenvalue weighted by Crippen LogP contribution is 2.33. The Kier molecular flexibility index (Phi) is 6.48. The van der Waals surface area contributed by atoms with Gasteiger partial charge in [0.25, 0.3) is 0 Å². The molecule has 4 aromatic rings. The Morgan fingerprint density at radius 2 is 1.59 bits per heavy atom. The molecule has 2 aliphatic heterocycles. The molecule has 10 heteroatoms. The van der Waals surface area contributed by atoms with Crippen molar-refractivity contribution in [3.8, 4) is 17.0 Å². The van der Waals surface area contributed by atoms with E-state index in [-0.39, 0.29) is 0 Å². The number of rotatable bonds is 5. The molecule has 0 N–H and O–H groups in total. The van der Waals surface area contributed by atoms with Crippen molar-refractivity contribution < 1.29 is 9.47 Å². The third-order valence-corrected chi connectivity index (χ3v) is 7.44. The first-order valence-electron chi connectivity index (χ1n) is 12.6. The number of benzene rings is 1. The summed E-state index contributed by atoms with van der Waals surface area (Å²) < 4.78 is 12.8. The fraction of sp³-hybridized carbons (Fsp3) is 0.370. The summed E-state index contributed by atoms with van der Waals surface area (Å²) in [5, 5.41) is 0.583. The standard InChI is InChI=1S/C27H30ClN7O2/c1-19-13-25(36-2)23(28)15-22(19)24-18-35-4-3-20(14-26(35)31-24)32-5-7-33(8-6-32)21-16-29-27(30-17-21)34-9-11-37-12-10-34/h3-4,13-18H,5-12H2,1-2H3. The quantitative estimate of drug-likeness (QED) is 0.393. The molecule has 0 amide bonds. The van der Waals surface area contributed by atoms with Gasteiger partial charge in [0.15, 0.2) is 0 Å². The highest BCUT2D eigenvalue weighted by atomic mass is 35.5. The normalized spacial score (nSPS) is 16.5. The summed E-state index contributed by atoms with van der Waals surface area (Å²) in [5.41, 5.74) is 6.12. The van der Waals surface area contributed by atoms with Gasteiger partial charge in [-0.25, -0.2) is 15.0 Å². The van der Waals surface area contributed by atoms with E-state index < -0.39 is 0 Å². The minimum atomic E-state index is 0.583. The van der Waals surface area contributed by atoms with Gasteiger partial charge < -0.3 is 28.6 Å². The summed E-state index contributed by atoms with van der Waals surface area (Å²) in [5.74, 6) is 1.46. The summed E-state index contributed by atoms with van der Waals surface area (Å²) in [6.07, 6.45) is 8.01. The lowest BCUT2D eigenvalue weighted by Gasteiger charge is -2.37. The lowest BCUT2D eigenvalue weighted by atomic mass is 10.1. The van der Waals surface area contributed by atoms with Gasteiger partial charge in [0.1, 0.15) is 11.4 Å². The minimum Gasteiger partial charge on any atom is -0.495 e. The van der Waals surface area contributed by atoms with E-state index in [0.29, 0.717) is 10.8 Å². The van der Waals surface area contributed by atoms with Gasteiger partial charge in [-0.1, -0.05) is 11.6 Å². The van der Waals surface area contributed by atoms with E-state index in [1.165, 1.54) is 5.69 Å². The Morgan fingerprint density at radius 3 is 2.30 bits per heavy atom.